The van der Waals surface area contributed by atoms with Crippen LogP contribution in [0.25, 0.3) is 5.57 Å². The molecule has 23 heavy (non-hydrogen) atoms. The molecule has 0 bridgehead atoms. The highest BCUT2D eigenvalue weighted by atomic mass is 16.5. The van der Waals surface area contributed by atoms with Crippen molar-refractivity contribution >= 4 is 17.4 Å². The van der Waals surface area contributed by atoms with Crippen molar-refractivity contribution in [2.75, 3.05) is 41.5 Å². The molecule has 0 saturated heterocycles. The topological polar surface area (TPSA) is 79.3 Å². The van der Waals surface area contributed by atoms with Crippen LogP contribution in [0, 0.1) is 0 Å². The van der Waals surface area contributed by atoms with Crippen LogP contribution in [0.4, 0.5) is 0 Å². The molecule has 1 N–H and O–H groups in total. The molecular weight excluding hydrogens is 300 g/mol. The molecular formula is C16H20N2O5. The van der Waals surface area contributed by atoms with Crippen molar-refractivity contribution in [1.29, 1.82) is 0 Å². The number of hydrogen-bond donors (Lipinski definition) is 1. The Hall–Kier alpha value is -2.54. The lowest BCUT2D eigenvalue weighted by atomic mass is 10.0. The van der Waals surface area contributed by atoms with Gasteiger partial charge in [0, 0.05) is 20.6 Å². The minimum Gasteiger partial charge on any atom is -0.493 e. The number of aliphatic hydroxyl groups is 1. The summed E-state index contributed by atoms with van der Waals surface area (Å²) in [5, 5.41) is 9.11. The number of ether oxygens (including phenoxy) is 2. The summed E-state index contributed by atoms with van der Waals surface area (Å²) in [4.78, 5) is 27.5. The molecule has 1 aliphatic heterocycles. The zero-order valence-electron chi connectivity index (χ0n) is 13.6. The Morgan fingerprint density at radius 3 is 2.35 bits per heavy atom. The molecule has 0 aliphatic carbocycles. The monoisotopic (exact) mass is 320 g/mol. The molecule has 0 aromatic heterocycles. The first kappa shape index (κ1) is 16.8. The predicted octanol–water partition coefficient (Wildman–Crippen LogP) is 0.338. The Balaban J connectivity index is 2.60. The van der Waals surface area contributed by atoms with Gasteiger partial charge < -0.3 is 19.5 Å². The fourth-order valence-electron chi connectivity index (χ4n) is 2.49. The molecule has 0 atom stereocenters. The van der Waals surface area contributed by atoms with Gasteiger partial charge in [-0.05, 0) is 17.7 Å². The SMILES string of the molecule is COc1ccc(C2=C(N(C)CCO)C(=O)N(C)C2=O)cc1OC. The molecule has 0 radical (unpaired) electrons. The van der Waals surface area contributed by atoms with Gasteiger partial charge in [-0.2, -0.15) is 0 Å². The number of hydrogen-bond acceptors (Lipinski definition) is 6. The summed E-state index contributed by atoms with van der Waals surface area (Å²) in [6, 6.07) is 5.04. The number of rotatable bonds is 6. The smallest absolute Gasteiger partial charge is 0.277 e. The molecule has 124 valence electrons. The summed E-state index contributed by atoms with van der Waals surface area (Å²) in [6.07, 6.45) is 0. The second-order valence-electron chi connectivity index (χ2n) is 5.11. The van der Waals surface area contributed by atoms with Gasteiger partial charge in [0.05, 0.1) is 26.4 Å². The standard InChI is InChI=1S/C16H20N2O5/c1-17(7-8-19)14-13(15(20)18(2)16(14)21)10-5-6-11(22-3)12(9-10)23-4/h5-6,9,19H,7-8H2,1-4H3. The molecule has 0 fully saturated rings. The van der Waals surface area contributed by atoms with E-state index >= 15 is 0 Å². The van der Waals surface area contributed by atoms with Gasteiger partial charge in [-0.1, -0.05) is 6.07 Å². The van der Waals surface area contributed by atoms with E-state index in [1.54, 1.807) is 30.1 Å². The number of methoxy groups -OCH3 is 2. The molecule has 2 amide bonds. The normalized spacial score (nSPS) is 14.6. The Morgan fingerprint density at radius 2 is 1.78 bits per heavy atom. The number of imide groups is 1. The van der Waals surface area contributed by atoms with Crippen LogP contribution >= 0.6 is 0 Å². The van der Waals surface area contributed by atoms with E-state index in [0.29, 0.717) is 17.1 Å². The quantitative estimate of drug-likeness (QED) is 0.762. The van der Waals surface area contributed by atoms with Crippen molar-refractivity contribution in [3.05, 3.63) is 29.5 Å². The highest BCUT2D eigenvalue weighted by Crippen LogP contribution is 2.35. The lowest BCUT2D eigenvalue weighted by Crippen LogP contribution is -2.31. The van der Waals surface area contributed by atoms with Gasteiger partial charge in [-0.3, -0.25) is 14.5 Å². The zero-order chi connectivity index (χ0) is 17.1. The molecule has 0 saturated carbocycles. The summed E-state index contributed by atoms with van der Waals surface area (Å²) in [6.45, 7) is 0.128. The van der Waals surface area contributed by atoms with Gasteiger partial charge in [-0.15, -0.1) is 0 Å². The van der Waals surface area contributed by atoms with E-state index in [1.165, 1.54) is 21.3 Å². The number of likely N-dealkylation sites (N-methyl/N-ethyl adjacent to an activating group) is 2. The maximum atomic E-state index is 12.5. The number of benzene rings is 1. The van der Waals surface area contributed by atoms with Crippen LogP contribution in [-0.2, 0) is 9.59 Å². The van der Waals surface area contributed by atoms with Crippen molar-refractivity contribution in [3.8, 4) is 11.5 Å². The van der Waals surface area contributed by atoms with Gasteiger partial charge in [0.15, 0.2) is 11.5 Å². The van der Waals surface area contributed by atoms with Crippen molar-refractivity contribution in [2.24, 2.45) is 0 Å². The fraction of sp³-hybridized carbons (Fsp3) is 0.375. The number of amides is 2. The Bertz CT molecular complexity index is 668. The van der Waals surface area contributed by atoms with Crippen LogP contribution < -0.4 is 9.47 Å². The Kier molecular flexibility index (Phi) is 4.90. The maximum absolute atomic E-state index is 12.5. The van der Waals surface area contributed by atoms with E-state index in [4.69, 9.17) is 14.6 Å². The first-order valence-corrected chi connectivity index (χ1v) is 7.07. The van der Waals surface area contributed by atoms with Crippen LogP contribution in [-0.4, -0.2) is 68.2 Å². The summed E-state index contributed by atoms with van der Waals surface area (Å²) in [5.41, 5.74) is 1.11. The third kappa shape index (κ3) is 2.87. The molecule has 0 unspecified atom stereocenters. The Labute approximate surface area is 134 Å². The van der Waals surface area contributed by atoms with Gasteiger partial charge in [0.25, 0.3) is 11.8 Å². The highest BCUT2D eigenvalue weighted by Gasteiger charge is 2.38. The van der Waals surface area contributed by atoms with E-state index < -0.39 is 5.91 Å². The van der Waals surface area contributed by atoms with Crippen LogP contribution in [0.3, 0.4) is 0 Å². The number of carbonyl (C=O) groups excluding carboxylic acids is 2. The van der Waals surface area contributed by atoms with Gasteiger partial charge >= 0.3 is 0 Å². The average molecular weight is 320 g/mol. The summed E-state index contributed by atoms with van der Waals surface area (Å²) >= 11 is 0. The van der Waals surface area contributed by atoms with E-state index in [-0.39, 0.29) is 30.3 Å². The Morgan fingerprint density at radius 1 is 1.13 bits per heavy atom. The van der Waals surface area contributed by atoms with Gasteiger partial charge in [-0.25, -0.2) is 0 Å². The van der Waals surface area contributed by atoms with Crippen LogP contribution in [0.15, 0.2) is 23.9 Å². The molecule has 1 heterocycles. The molecule has 1 aromatic carbocycles. The highest BCUT2D eigenvalue weighted by molar-refractivity contribution is 6.35. The zero-order valence-corrected chi connectivity index (χ0v) is 13.6. The van der Waals surface area contributed by atoms with E-state index in [9.17, 15) is 9.59 Å². The molecule has 1 aliphatic rings. The minimum atomic E-state index is -0.393. The van der Waals surface area contributed by atoms with Gasteiger partial charge in [0.2, 0.25) is 0 Å². The third-order valence-corrected chi connectivity index (χ3v) is 3.75. The van der Waals surface area contributed by atoms with Crippen LogP contribution in [0.5, 0.6) is 11.5 Å². The fourth-order valence-corrected chi connectivity index (χ4v) is 2.49. The lowest BCUT2D eigenvalue weighted by molar-refractivity contribution is -0.135. The second kappa shape index (κ2) is 6.70. The first-order valence-electron chi connectivity index (χ1n) is 7.07. The van der Waals surface area contributed by atoms with E-state index in [2.05, 4.69) is 0 Å². The van der Waals surface area contributed by atoms with Crippen molar-refractivity contribution in [1.82, 2.24) is 9.80 Å². The van der Waals surface area contributed by atoms with E-state index in [1.807, 2.05) is 0 Å². The molecule has 7 heteroatoms. The van der Waals surface area contributed by atoms with Crippen molar-refractivity contribution in [3.63, 3.8) is 0 Å². The van der Waals surface area contributed by atoms with Crippen molar-refractivity contribution < 1.29 is 24.2 Å². The van der Waals surface area contributed by atoms with Crippen LogP contribution in [0.1, 0.15) is 5.56 Å². The third-order valence-electron chi connectivity index (χ3n) is 3.75. The molecule has 7 nitrogen and oxygen atoms in total. The number of aliphatic hydroxyl groups excluding tert-OH is 1. The minimum absolute atomic E-state index is 0.121. The summed E-state index contributed by atoms with van der Waals surface area (Å²) in [7, 11) is 6.12. The maximum Gasteiger partial charge on any atom is 0.277 e. The number of nitrogens with zero attached hydrogens (tertiary/aromatic N) is 2. The lowest BCUT2D eigenvalue weighted by Gasteiger charge is -2.19. The first-order chi connectivity index (χ1) is 11.0. The molecule has 2 rings (SSSR count). The summed E-state index contributed by atoms with van der Waals surface area (Å²) < 4.78 is 10.4. The predicted molar refractivity (Wildman–Crippen MR) is 84.0 cm³/mol. The second-order valence-corrected chi connectivity index (χ2v) is 5.11. The van der Waals surface area contributed by atoms with Crippen LogP contribution in [0.2, 0.25) is 0 Å². The molecule has 1 aromatic rings. The summed E-state index contributed by atoms with van der Waals surface area (Å²) in [5.74, 6) is 0.224. The van der Waals surface area contributed by atoms with E-state index in [0.717, 1.165) is 4.90 Å². The number of carbonyl (C=O) groups is 2. The van der Waals surface area contributed by atoms with Crippen molar-refractivity contribution in [2.45, 2.75) is 0 Å². The van der Waals surface area contributed by atoms with Gasteiger partial charge in [0.1, 0.15) is 5.70 Å². The molecule has 0 spiro atoms. The average Bonchev–Trinajstić information content (AvgIpc) is 2.78. The largest absolute Gasteiger partial charge is 0.493 e.